The van der Waals surface area contributed by atoms with Gasteiger partial charge in [0.2, 0.25) is 5.91 Å². The largest absolute Gasteiger partial charge is 0.480 e. The molecule has 0 aromatic carbocycles. The first-order chi connectivity index (χ1) is 9.65. The predicted octanol–water partition coefficient (Wildman–Crippen LogP) is 0.498. The van der Waals surface area contributed by atoms with E-state index >= 15 is 0 Å². The van der Waals surface area contributed by atoms with Gasteiger partial charge in [-0.25, -0.2) is 4.79 Å². The average Bonchev–Trinajstić information content (AvgIpc) is 3.15. The van der Waals surface area contributed by atoms with E-state index in [0.717, 1.165) is 19.3 Å². The molecule has 4 N–H and O–H groups in total. The van der Waals surface area contributed by atoms with Crippen LogP contribution < -0.4 is 11.1 Å². The lowest BCUT2D eigenvalue weighted by Gasteiger charge is -2.61. The molecule has 4 atom stereocenters. The van der Waals surface area contributed by atoms with E-state index in [9.17, 15) is 14.7 Å². The number of aliphatic carboxylic acids is 1. The first-order valence-electron chi connectivity index (χ1n) is 7.62. The number of amides is 1. The van der Waals surface area contributed by atoms with Crippen LogP contribution in [-0.2, 0) is 14.3 Å². The van der Waals surface area contributed by atoms with Crippen LogP contribution in [0.1, 0.15) is 40.0 Å². The van der Waals surface area contributed by atoms with Crippen molar-refractivity contribution < 1.29 is 19.4 Å². The highest BCUT2D eigenvalue weighted by Gasteiger charge is 2.72. The number of ether oxygens (including phenoxy) is 1. The second-order valence-corrected chi connectivity index (χ2v) is 7.51. The van der Waals surface area contributed by atoms with Crippen molar-refractivity contribution in [1.29, 1.82) is 0 Å². The molecule has 6 heteroatoms. The molecule has 118 valence electrons. The SMILES string of the molecule is CC(NC(=O)C1(N)C2CCOC2C1(C)C)(C(=O)O)C1CC1. The summed E-state index contributed by atoms with van der Waals surface area (Å²) in [6.07, 6.45) is 2.41. The molecule has 1 aliphatic heterocycles. The highest BCUT2D eigenvalue weighted by molar-refractivity contribution is 5.94. The van der Waals surface area contributed by atoms with E-state index in [1.165, 1.54) is 0 Å². The van der Waals surface area contributed by atoms with Crippen molar-refractivity contribution >= 4 is 11.9 Å². The number of hydrogen-bond donors (Lipinski definition) is 3. The van der Waals surface area contributed by atoms with Gasteiger partial charge in [0.1, 0.15) is 11.1 Å². The third kappa shape index (κ3) is 1.72. The minimum atomic E-state index is -1.22. The van der Waals surface area contributed by atoms with Crippen molar-refractivity contribution in [2.24, 2.45) is 23.0 Å². The van der Waals surface area contributed by atoms with E-state index < -0.39 is 22.5 Å². The van der Waals surface area contributed by atoms with Gasteiger partial charge in [0.25, 0.3) is 0 Å². The molecule has 0 aromatic heterocycles. The minimum absolute atomic E-state index is 0.00126. The summed E-state index contributed by atoms with van der Waals surface area (Å²) in [4.78, 5) is 24.4. The molecule has 2 saturated carbocycles. The van der Waals surface area contributed by atoms with Gasteiger partial charge in [0, 0.05) is 17.9 Å². The van der Waals surface area contributed by atoms with Crippen molar-refractivity contribution in [3.63, 3.8) is 0 Å². The summed E-state index contributed by atoms with van der Waals surface area (Å²) < 4.78 is 5.67. The first kappa shape index (κ1) is 14.8. The van der Waals surface area contributed by atoms with Gasteiger partial charge in [0.05, 0.1) is 6.10 Å². The van der Waals surface area contributed by atoms with Crippen LogP contribution >= 0.6 is 0 Å². The number of nitrogens with two attached hydrogens (primary N) is 1. The number of fused-ring (bicyclic) bond motifs is 1. The summed E-state index contributed by atoms with van der Waals surface area (Å²) in [5.41, 5.74) is 3.69. The highest BCUT2D eigenvalue weighted by Crippen LogP contribution is 2.58. The summed E-state index contributed by atoms with van der Waals surface area (Å²) in [5.74, 6) is -1.36. The van der Waals surface area contributed by atoms with Crippen molar-refractivity contribution in [2.75, 3.05) is 6.61 Å². The summed E-state index contributed by atoms with van der Waals surface area (Å²) in [7, 11) is 0. The molecule has 0 radical (unpaired) electrons. The van der Waals surface area contributed by atoms with Crippen LogP contribution in [0.25, 0.3) is 0 Å². The van der Waals surface area contributed by atoms with Gasteiger partial charge in [-0.3, -0.25) is 4.79 Å². The van der Waals surface area contributed by atoms with Gasteiger partial charge < -0.3 is 20.9 Å². The maximum Gasteiger partial charge on any atom is 0.329 e. The Labute approximate surface area is 124 Å². The molecule has 3 aliphatic rings. The monoisotopic (exact) mass is 296 g/mol. The Bertz CT molecular complexity index is 502. The number of carboxylic acid groups (broad SMARTS) is 1. The van der Waals surface area contributed by atoms with E-state index in [0.29, 0.717) is 6.61 Å². The maximum atomic E-state index is 12.8. The molecule has 1 heterocycles. The predicted molar refractivity (Wildman–Crippen MR) is 75.5 cm³/mol. The zero-order valence-electron chi connectivity index (χ0n) is 12.8. The molecule has 21 heavy (non-hydrogen) atoms. The number of carbonyl (C=O) groups is 2. The van der Waals surface area contributed by atoms with Crippen molar-refractivity contribution in [1.82, 2.24) is 5.32 Å². The Morgan fingerprint density at radius 3 is 2.48 bits per heavy atom. The fourth-order valence-corrected chi connectivity index (χ4v) is 4.18. The number of hydrogen-bond acceptors (Lipinski definition) is 4. The second-order valence-electron chi connectivity index (χ2n) is 7.51. The lowest BCUT2D eigenvalue weighted by atomic mass is 9.47. The van der Waals surface area contributed by atoms with Crippen LogP contribution in [0.5, 0.6) is 0 Å². The van der Waals surface area contributed by atoms with Crippen LogP contribution in [0.2, 0.25) is 0 Å². The molecular formula is C15H24N2O4. The van der Waals surface area contributed by atoms with Crippen molar-refractivity contribution in [3.05, 3.63) is 0 Å². The van der Waals surface area contributed by atoms with Crippen LogP contribution in [0.15, 0.2) is 0 Å². The van der Waals surface area contributed by atoms with E-state index in [2.05, 4.69) is 5.32 Å². The lowest BCUT2D eigenvalue weighted by Crippen LogP contribution is -2.81. The van der Waals surface area contributed by atoms with E-state index in [1.54, 1.807) is 6.92 Å². The van der Waals surface area contributed by atoms with Gasteiger partial charge in [-0.15, -0.1) is 0 Å². The first-order valence-corrected chi connectivity index (χ1v) is 7.62. The van der Waals surface area contributed by atoms with Crippen LogP contribution in [0, 0.1) is 17.3 Å². The van der Waals surface area contributed by atoms with E-state index in [1.807, 2.05) is 13.8 Å². The van der Waals surface area contributed by atoms with Crippen LogP contribution in [-0.4, -0.2) is 40.8 Å². The van der Waals surface area contributed by atoms with Gasteiger partial charge in [-0.1, -0.05) is 13.8 Å². The van der Waals surface area contributed by atoms with Gasteiger partial charge in [-0.2, -0.15) is 0 Å². The smallest absolute Gasteiger partial charge is 0.329 e. The topological polar surface area (TPSA) is 102 Å². The Balaban J connectivity index is 1.83. The summed E-state index contributed by atoms with van der Waals surface area (Å²) >= 11 is 0. The number of carbonyl (C=O) groups excluding carboxylic acids is 1. The Morgan fingerprint density at radius 2 is 1.95 bits per heavy atom. The second kappa shape index (κ2) is 4.20. The molecule has 0 aromatic rings. The summed E-state index contributed by atoms with van der Waals surface area (Å²) in [5, 5.41) is 12.2. The third-order valence-corrected chi connectivity index (χ3v) is 6.04. The molecule has 3 rings (SSSR count). The lowest BCUT2D eigenvalue weighted by molar-refractivity contribution is -0.178. The maximum absolute atomic E-state index is 12.8. The molecule has 0 spiro atoms. The van der Waals surface area contributed by atoms with E-state index in [-0.39, 0.29) is 23.8 Å². The molecule has 4 unspecified atom stereocenters. The zero-order valence-corrected chi connectivity index (χ0v) is 12.8. The van der Waals surface area contributed by atoms with Gasteiger partial charge >= 0.3 is 5.97 Å². The Morgan fingerprint density at radius 1 is 1.33 bits per heavy atom. The summed E-state index contributed by atoms with van der Waals surface area (Å²) in [6.45, 7) is 6.05. The van der Waals surface area contributed by atoms with Crippen LogP contribution in [0.4, 0.5) is 0 Å². The fraction of sp³-hybridized carbons (Fsp3) is 0.867. The molecule has 1 amide bonds. The zero-order chi connectivity index (χ0) is 15.6. The number of rotatable bonds is 4. The standard InChI is InChI=1S/C15H24N2O4/c1-13(2)10-9(6-7-21-10)15(13,16)11(18)17-14(3,12(19)20)8-4-5-8/h8-10H,4-7,16H2,1-3H3,(H,17,18)(H,19,20). The summed E-state index contributed by atoms with van der Waals surface area (Å²) in [6, 6.07) is 0. The quantitative estimate of drug-likeness (QED) is 0.701. The number of carboxylic acids is 1. The minimum Gasteiger partial charge on any atom is -0.480 e. The van der Waals surface area contributed by atoms with Crippen LogP contribution in [0.3, 0.4) is 0 Å². The van der Waals surface area contributed by atoms with Crippen molar-refractivity contribution in [3.8, 4) is 0 Å². The normalized spacial score (nSPS) is 39.8. The highest BCUT2D eigenvalue weighted by atomic mass is 16.5. The Hall–Kier alpha value is -1.14. The molecular weight excluding hydrogens is 272 g/mol. The van der Waals surface area contributed by atoms with E-state index in [4.69, 9.17) is 10.5 Å². The Kier molecular flexibility index (Phi) is 2.95. The molecule has 6 nitrogen and oxygen atoms in total. The fourth-order valence-electron chi connectivity index (χ4n) is 4.18. The average molecular weight is 296 g/mol. The molecule has 0 bridgehead atoms. The third-order valence-electron chi connectivity index (χ3n) is 6.04. The molecule has 1 saturated heterocycles. The molecule has 3 fully saturated rings. The number of nitrogens with one attached hydrogen (secondary N) is 1. The van der Waals surface area contributed by atoms with Gasteiger partial charge in [0.15, 0.2) is 0 Å². The molecule has 2 aliphatic carbocycles. The van der Waals surface area contributed by atoms with Gasteiger partial charge in [-0.05, 0) is 32.1 Å². The van der Waals surface area contributed by atoms with Crippen molar-refractivity contribution in [2.45, 2.75) is 57.2 Å².